The first-order valence-corrected chi connectivity index (χ1v) is 4.68. The molecule has 0 bridgehead atoms. The second kappa shape index (κ2) is 4.05. The van der Waals surface area contributed by atoms with Crippen LogP contribution >= 0.6 is 0 Å². The van der Waals surface area contributed by atoms with E-state index in [1.165, 1.54) is 4.80 Å². The highest BCUT2D eigenvalue weighted by molar-refractivity contribution is 5.77. The second-order valence-corrected chi connectivity index (χ2v) is 3.23. The maximum absolute atomic E-state index is 10.9. The standard InChI is InChI=1S/C9H10N6O/c1-6(8(10)16)15-13-9(12-14-15)7-4-2-3-5-11-7/h2-6H,1H3,(H2,10,16). The summed E-state index contributed by atoms with van der Waals surface area (Å²) in [5, 5.41) is 11.6. The van der Waals surface area contributed by atoms with E-state index in [0.29, 0.717) is 11.5 Å². The molecule has 1 atom stereocenters. The van der Waals surface area contributed by atoms with Crippen LogP contribution in [-0.2, 0) is 4.79 Å². The topological polar surface area (TPSA) is 99.6 Å². The van der Waals surface area contributed by atoms with E-state index in [9.17, 15) is 4.79 Å². The van der Waals surface area contributed by atoms with Crippen molar-refractivity contribution in [1.82, 2.24) is 25.2 Å². The number of pyridine rings is 1. The van der Waals surface area contributed by atoms with Gasteiger partial charge in [0.05, 0.1) is 0 Å². The molecule has 2 rings (SSSR count). The van der Waals surface area contributed by atoms with Gasteiger partial charge >= 0.3 is 0 Å². The van der Waals surface area contributed by atoms with Crippen LogP contribution in [-0.4, -0.2) is 31.1 Å². The number of nitrogens with two attached hydrogens (primary N) is 1. The van der Waals surface area contributed by atoms with Crippen molar-refractivity contribution in [2.24, 2.45) is 5.73 Å². The highest BCUT2D eigenvalue weighted by Gasteiger charge is 2.15. The van der Waals surface area contributed by atoms with E-state index < -0.39 is 11.9 Å². The lowest BCUT2D eigenvalue weighted by atomic mass is 10.3. The number of tetrazole rings is 1. The number of primary amides is 1. The number of hydrogen-bond acceptors (Lipinski definition) is 5. The lowest BCUT2D eigenvalue weighted by Crippen LogP contribution is -2.25. The first-order chi connectivity index (χ1) is 7.68. The number of hydrogen-bond donors (Lipinski definition) is 1. The Balaban J connectivity index is 2.30. The Hall–Kier alpha value is -2.31. The molecule has 2 aromatic rings. The van der Waals surface area contributed by atoms with Gasteiger partial charge in [0, 0.05) is 6.20 Å². The minimum absolute atomic E-state index is 0.369. The number of nitrogens with zero attached hydrogens (tertiary/aromatic N) is 5. The molecule has 0 fully saturated rings. The molecule has 82 valence electrons. The Morgan fingerprint density at radius 1 is 1.50 bits per heavy atom. The third-order valence-corrected chi connectivity index (χ3v) is 2.08. The van der Waals surface area contributed by atoms with Gasteiger partial charge in [0.2, 0.25) is 11.7 Å². The van der Waals surface area contributed by atoms with Crippen LogP contribution in [0, 0.1) is 0 Å². The SMILES string of the molecule is CC(C(N)=O)n1nnc(-c2ccccn2)n1. The van der Waals surface area contributed by atoms with Gasteiger partial charge in [-0.15, -0.1) is 10.2 Å². The number of aromatic nitrogens is 5. The Morgan fingerprint density at radius 3 is 2.94 bits per heavy atom. The first-order valence-electron chi connectivity index (χ1n) is 4.68. The van der Waals surface area contributed by atoms with E-state index in [1.54, 1.807) is 25.3 Å². The molecule has 1 unspecified atom stereocenters. The predicted molar refractivity (Wildman–Crippen MR) is 55.0 cm³/mol. The summed E-state index contributed by atoms with van der Waals surface area (Å²) in [5.74, 6) is -0.140. The minimum Gasteiger partial charge on any atom is -0.368 e. The van der Waals surface area contributed by atoms with E-state index in [2.05, 4.69) is 20.4 Å². The Labute approximate surface area is 91.3 Å². The number of carbonyl (C=O) groups is 1. The quantitative estimate of drug-likeness (QED) is 0.767. The summed E-state index contributed by atoms with van der Waals surface area (Å²) in [4.78, 5) is 16.2. The van der Waals surface area contributed by atoms with Crippen LogP contribution in [0.1, 0.15) is 13.0 Å². The smallest absolute Gasteiger partial charge is 0.243 e. The summed E-state index contributed by atoms with van der Waals surface area (Å²) in [5.41, 5.74) is 5.74. The fourth-order valence-electron chi connectivity index (χ4n) is 1.10. The van der Waals surface area contributed by atoms with Crippen LogP contribution in [0.3, 0.4) is 0 Å². The van der Waals surface area contributed by atoms with E-state index >= 15 is 0 Å². The van der Waals surface area contributed by atoms with Crippen LogP contribution in [0.25, 0.3) is 11.5 Å². The van der Waals surface area contributed by atoms with Crippen molar-refractivity contribution < 1.29 is 4.79 Å². The van der Waals surface area contributed by atoms with Crippen LogP contribution < -0.4 is 5.73 Å². The van der Waals surface area contributed by atoms with Crippen molar-refractivity contribution >= 4 is 5.91 Å². The maximum atomic E-state index is 10.9. The van der Waals surface area contributed by atoms with Gasteiger partial charge in [0.15, 0.2) is 0 Å². The molecule has 7 heteroatoms. The molecule has 2 N–H and O–H groups in total. The van der Waals surface area contributed by atoms with E-state index in [-0.39, 0.29) is 0 Å². The fraction of sp³-hybridized carbons (Fsp3) is 0.222. The molecule has 0 aromatic carbocycles. The third kappa shape index (κ3) is 1.88. The number of amides is 1. The molecule has 0 aliphatic carbocycles. The highest BCUT2D eigenvalue weighted by Crippen LogP contribution is 2.10. The van der Waals surface area contributed by atoms with E-state index in [4.69, 9.17) is 5.73 Å². The van der Waals surface area contributed by atoms with Gasteiger partial charge in [-0.05, 0) is 24.3 Å². The number of rotatable bonds is 3. The molecule has 0 saturated heterocycles. The summed E-state index contributed by atoms with van der Waals surface area (Å²) >= 11 is 0. The molecular formula is C9H10N6O. The van der Waals surface area contributed by atoms with Gasteiger partial charge in [-0.25, -0.2) is 0 Å². The Kier molecular flexibility index (Phi) is 2.59. The maximum Gasteiger partial charge on any atom is 0.243 e. The summed E-state index contributed by atoms with van der Waals surface area (Å²) in [6, 6.07) is 4.75. The van der Waals surface area contributed by atoms with Crippen LogP contribution in [0.15, 0.2) is 24.4 Å². The van der Waals surface area contributed by atoms with Gasteiger partial charge < -0.3 is 5.73 Å². The zero-order valence-corrected chi connectivity index (χ0v) is 8.61. The van der Waals surface area contributed by atoms with Gasteiger partial charge in [0.25, 0.3) is 0 Å². The lowest BCUT2D eigenvalue weighted by Gasteiger charge is -2.02. The normalized spacial score (nSPS) is 12.3. The monoisotopic (exact) mass is 218 g/mol. The van der Waals surface area contributed by atoms with Crippen molar-refractivity contribution in [3.63, 3.8) is 0 Å². The molecule has 0 aliphatic rings. The van der Waals surface area contributed by atoms with Gasteiger partial charge in [0.1, 0.15) is 11.7 Å². The summed E-state index contributed by atoms with van der Waals surface area (Å²) in [6.07, 6.45) is 1.63. The molecule has 0 spiro atoms. The summed E-state index contributed by atoms with van der Waals surface area (Å²) < 4.78 is 0. The molecule has 2 heterocycles. The van der Waals surface area contributed by atoms with Crippen molar-refractivity contribution in [2.75, 3.05) is 0 Å². The minimum atomic E-state index is -0.620. The van der Waals surface area contributed by atoms with Crippen LogP contribution in [0.5, 0.6) is 0 Å². The first kappa shape index (κ1) is 10.2. The van der Waals surface area contributed by atoms with Crippen LogP contribution in [0.2, 0.25) is 0 Å². The average Bonchev–Trinajstić information content (AvgIpc) is 2.78. The van der Waals surface area contributed by atoms with Crippen molar-refractivity contribution in [3.05, 3.63) is 24.4 Å². The molecular weight excluding hydrogens is 208 g/mol. The van der Waals surface area contributed by atoms with Crippen molar-refractivity contribution in [1.29, 1.82) is 0 Å². The van der Waals surface area contributed by atoms with E-state index in [0.717, 1.165) is 0 Å². The average molecular weight is 218 g/mol. The molecule has 0 saturated carbocycles. The second-order valence-electron chi connectivity index (χ2n) is 3.23. The highest BCUT2D eigenvalue weighted by atomic mass is 16.1. The molecule has 1 amide bonds. The third-order valence-electron chi connectivity index (χ3n) is 2.08. The van der Waals surface area contributed by atoms with Gasteiger partial charge in [-0.3, -0.25) is 9.78 Å². The zero-order chi connectivity index (χ0) is 11.5. The van der Waals surface area contributed by atoms with Crippen LogP contribution in [0.4, 0.5) is 0 Å². The summed E-state index contributed by atoms with van der Waals surface area (Å²) in [7, 11) is 0. The molecule has 7 nitrogen and oxygen atoms in total. The van der Waals surface area contributed by atoms with Crippen molar-refractivity contribution in [2.45, 2.75) is 13.0 Å². The lowest BCUT2D eigenvalue weighted by molar-refractivity contribution is -0.121. The fourth-order valence-corrected chi connectivity index (χ4v) is 1.10. The molecule has 2 aromatic heterocycles. The van der Waals surface area contributed by atoms with E-state index in [1.807, 2.05) is 6.07 Å². The molecule has 0 radical (unpaired) electrons. The Bertz CT molecular complexity index is 494. The largest absolute Gasteiger partial charge is 0.368 e. The number of carbonyl (C=O) groups excluding carboxylic acids is 1. The van der Waals surface area contributed by atoms with Gasteiger partial charge in [-0.1, -0.05) is 6.07 Å². The summed E-state index contributed by atoms with van der Waals surface area (Å²) in [6.45, 7) is 1.60. The van der Waals surface area contributed by atoms with Gasteiger partial charge in [-0.2, -0.15) is 4.80 Å². The molecule has 16 heavy (non-hydrogen) atoms. The van der Waals surface area contributed by atoms with Crippen molar-refractivity contribution in [3.8, 4) is 11.5 Å². The predicted octanol–water partition coefficient (Wildman–Crippen LogP) is -0.219. The zero-order valence-electron chi connectivity index (χ0n) is 8.61. The molecule has 0 aliphatic heterocycles. The Morgan fingerprint density at radius 2 is 2.31 bits per heavy atom.